The molecule has 0 saturated carbocycles. The zero-order valence-electron chi connectivity index (χ0n) is 20.4. The zero-order chi connectivity index (χ0) is 26.1. The van der Waals surface area contributed by atoms with E-state index in [1.807, 2.05) is 24.3 Å². The molecule has 0 radical (unpaired) electrons. The number of nitrogens with zero attached hydrogens (tertiary/aromatic N) is 4. The summed E-state index contributed by atoms with van der Waals surface area (Å²) in [5.74, 6) is -2.44. The van der Waals surface area contributed by atoms with Gasteiger partial charge in [-0.3, -0.25) is 9.10 Å². The first-order chi connectivity index (χ1) is 16.2. The van der Waals surface area contributed by atoms with E-state index in [9.17, 15) is 22.0 Å². The van der Waals surface area contributed by atoms with Gasteiger partial charge in [-0.1, -0.05) is 50.2 Å². The molecule has 0 fully saturated rings. The fourth-order valence-corrected chi connectivity index (χ4v) is 4.74. The van der Waals surface area contributed by atoms with Crippen LogP contribution in [0, 0.1) is 11.6 Å². The highest BCUT2D eigenvalue weighted by molar-refractivity contribution is 7.92. The molecule has 0 aliphatic rings. The Balaban J connectivity index is 1.77. The first-order valence-electron chi connectivity index (χ1n) is 10.8. The highest BCUT2D eigenvalue weighted by Crippen LogP contribution is 2.26. The number of hydrogen-bond donors (Lipinski definition) is 0. The molecule has 0 aliphatic heterocycles. The van der Waals surface area contributed by atoms with Crippen molar-refractivity contribution in [2.75, 3.05) is 17.6 Å². The van der Waals surface area contributed by atoms with Crippen molar-refractivity contribution in [3.63, 3.8) is 0 Å². The lowest BCUT2D eigenvalue weighted by atomic mass is 9.87. The Labute approximate surface area is 203 Å². The van der Waals surface area contributed by atoms with E-state index in [4.69, 9.17) is 4.52 Å². The van der Waals surface area contributed by atoms with Crippen LogP contribution in [0.4, 0.5) is 14.5 Å². The Hall–Kier alpha value is -3.34. The quantitative estimate of drug-likeness (QED) is 0.478. The van der Waals surface area contributed by atoms with Gasteiger partial charge in [-0.2, -0.15) is 4.98 Å². The molecule has 3 rings (SSSR count). The van der Waals surface area contributed by atoms with Gasteiger partial charge in [0.1, 0.15) is 6.04 Å². The van der Waals surface area contributed by atoms with E-state index >= 15 is 0 Å². The molecule has 0 unspecified atom stereocenters. The van der Waals surface area contributed by atoms with Crippen molar-refractivity contribution in [2.24, 2.45) is 0 Å². The molecule has 1 atom stereocenters. The van der Waals surface area contributed by atoms with Crippen molar-refractivity contribution in [3.05, 3.63) is 65.6 Å². The molecular weight excluding hydrogens is 478 g/mol. The number of halogens is 2. The van der Waals surface area contributed by atoms with Gasteiger partial charge >= 0.3 is 0 Å². The largest absolute Gasteiger partial charge is 0.337 e. The third kappa shape index (κ3) is 6.02. The van der Waals surface area contributed by atoms with E-state index in [1.165, 1.54) is 18.9 Å². The van der Waals surface area contributed by atoms with Crippen LogP contribution in [0.3, 0.4) is 0 Å². The van der Waals surface area contributed by atoms with E-state index in [2.05, 4.69) is 30.9 Å². The molecule has 0 N–H and O–H groups in total. The Morgan fingerprint density at radius 1 is 1.09 bits per heavy atom. The van der Waals surface area contributed by atoms with Crippen molar-refractivity contribution < 1.29 is 26.5 Å². The lowest BCUT2D eigenvalue weighted by molar-refractivity contribution is -0.131. The topological polar surface area (TPSA) is 96.6 Å². The second kappa shape index (κ2) is 9.73. The fourth-order valence-electron chi connectivity index (χ4n) is 3.58. The summed E-state index contributed by atoms with van der Waals surface area (Å²) in [7, 11) is -2.55. The molecule has 8 nitrogen and oxygen atoms in total. The van der Waals surface area contributed by atoms with E-state index in [1.54, 1.807) is 0 Å². The summed E-state index contributed by atoms with van der Waals surface area (Å²) in [5.41, 5.74) is 1.73. The number of aromatic nitrogens is 2. The molecule has 188 valence electrons. The van der Waals surface area contributed by atoms with Gasteiger partial charge in [0.15, 0.2) is 11.6 Å². The summed E-state index contributed by atoms with van der Waals surface area (Å²) in [6.07, 6.45) is 0.882. The summed E-state index contributed by atoms with van der Waals surface area (Å²) in [6.45, 7) is 7.61. The van der Waals surface area contributed by atoms with Crippen LogP contribution >= 0.6 is 0 Å². The number of benzene rings is 2. The van der Waals surface area contributed by atoms with Gasteiger partial charge in [-0.05, 0) is 30.0 Å². The normalized spacial score (nSPS) is 12.9. The predicted molar refractivity (Wildman–Crippen MR) is 128 cm³/mol. The molecule has 1 aromatic heterocycles. The highest BCUT2D eigenvalue weighted by Gasteiger charge is 2.32. The van der Waals surface area contributed by atoms with Crippen molar-refractivity contribution in [1.82, 2.24) is 15.0 Å². The molecule has 35 heavy (non-hydrogen) atoms. The van der Waals surface area contributed by atoms with Crippen molar-refractivity contribution >= 4 is 21.6 Å². The molecule has 1 amide bonds. The highest BCUT2D eigenvalue weighted by atomic mass is 32.2. The number of rotatable bonds is 7. The monoisotopic (exact) mass is 506 g/mol. The Bertz CT molecular complexity index is 1320. The van der Waals surface area contributed by atoms with Gasteiger partial charge in [0.25, 0.3) is 0 Å². The summed E-state index contributed by atoms with van der Waals surface area (Å²) in [5, 5.41) is 3.97. The number of likely N-dealkylation sites (N-methyl/N-ethyl adjacent to an activating group) is 1. The SMILES string of the molecule is C[C@@H](C(=O)N(C)Cc1nc(-c2ccc(C(C)(C)C)cc2)no1)N(c1ccc(F)c(F)c1)S(C)(=O)=O. The van der Waals surface area contributed by atoms with Crippen LogP contribution in [0.1, 0.15) is 39.1 Å². The number of carbonyl (C=O) groups is 1. The Morgan fingerprint density at radius 3 is 2.26 bits per heavy atom. The molecule has 0 saturated heterocycles. The molecular formula is C24H28F2N4O4S. The maximum Gasteiger partial charge on any atom is 0.246 e. The van der Waals surface area contributed by atoms with Crippen LogP contribution in [0.2, 0.25) is 0 Å². The fraction of sp³-hybridized carbons (Fsp3) is 0.375. The van der Waals surface area contributed by atoms with Crippen LogP contribution in [-0.2, 0) is 26.8 Å². The summed E-state index contributed by atoms with van der Waals surface area (Å²) in [4.78, 5) is 18.6. The molecule has 0 aliphatic carbocycles. The van der Waals surface area contributed by atoms with Crippen LogP contribution in [0.5, 0.6) is 0 Å². The minimum absolute atomic E-state index is 0.000242. The lowest BCUT2D eigenvalue weighted by Gasteiger charge is -2.30. The molecule has 1 heterocycles. The number of amides is 1. The first-order valence-corrected chi connectivity index (χ1v) is 12.7. The number of anilines is 1. The third-order valence-electron chi connectivity index (χ3n) is 5.45. The Kier molecular flexibility index (Phi) is 7.30. The summed E-state index contributed by atoms with van der Waals surface area (Å²) < 4.78 is 57.9. The van der Waals surface area contributed by atoms with Crippen LogP contribution in [0.15, 0.2) is 47.0 Å². The summed E-state index contributed by atoms with van der Waals surface area (Å²) >= 11 is 0. The maximum atomic E-state index is 13.7. The van der Waals surface area contributed by atoms with E-state index in [0.717, 1.165) is 39.9 Å². The van der Waals surface area contributed by atoms with Crippen LogP contribution in [0.25, 0.3) is 11.4 Å². The molecule has 0 bridgehead atoms. The van der Waals surface area contributed by atoms with Gasteiger partial charge in [0.2, 0.25) is 27.6 Å². The second-order valence-corrected chi connectivity index (χ2v) is 11.2. The Morgan fingerprint density at radius 2 is 1.71 bits per heavy atom. The van der Waals surface area contributed by atoms with Gasteiger partial charge in [-0.25, -0.2) is 17.2 Å². The van der Waals surface area contributed by atoms with E-state index in [-0.39, 0.29) is 23.5 Å². The molecule has 0 spiro atoms. The first kappa shape index (κ1) is 26.3. The predicted octanol–water partition coefficient (Wildman–Crippen LogP) is 4.13. The van der Waals surface area contributed by atoms with E-state index < -0.39 is 33.6 Å². The van der Waals surface area contributed by atoms with Gasteiger partial charge in [0, 0.05) is 18.7 Å². The standard InChI is InChI=1S/C24H28F2N4O4S/c1-15(30(35(6,32)33)18-11-12-19(25)20(26)13-18)23(31)29(5)14-21-27-22(28-34-21)16-7-9-17(10-8-16)24(2,3)4/h7-13,15H,14H2,1-6H3/t15-/m0/s1. The van der Waals surface area contributed by atoms with Gasteiger partial charge in [0.05, 0.1) is 18.5 Å². The summed E-state index contributed by atoms with van der Waals surface area (Å²) in [6, 6.07) is 9.13. The number of hydrogen-bond acceptors (Lipinski definition) is 6. The van der Waals surface area contributed by atoms with Crippen LogP contribution in [-0.4, -0.2) is 48.7 Å². The molecule has 3 aromatic rings. The van der Waals surface area contributed by atoms with Crippen molar-refractivity contribution in [2.45, 2.75) is 45.7 Å². The molecule has 11 heteroatoms. The number of sulfonamides is 1. The van der Waals surface area contributed by atoms with E-state index in [0.29, 0.717) is 5.82 Å². The van der Waals surface area contributed by atoms with Crippen LogP contribution < -0.4 is 4.31 Å². The average molecular weight is 507 g/mol. The zero-order valence-corrected chi connectivity index (χ0v) is 21.2. The average Bonchev–Trinajstić information content (AvgIpc) is 3.22. The maximum absolute atomic E-state index is 13.7. The minimum atomic E-state index is -4.00. The molecule has 2 aromatic carbocycles. The van der Waals surface area contributed by atoms with Crippen molar-refractivity contribution in [3.8, 4) is 11.4 Å². The van der Waals surface area contributed by atoms with Gasteiger partial charge in [-0.15, -0.1) is 0 Å². The third-order valence-corrected chi connectivity index (χ3v) is 6.69. The second-order valence-electron chi connectivity index (χ2n) is 9.37. The minimum Gasteiger partial charge on any atom is -0.337 e. The van der Waals surface area contributed by atoms with Crippen molar-refractivity contribution in [1.29, 1.82) is 0 Å². The van der Waals surface area contributed by atoms with Gasteiger partial charge < -0.3 is 9.42 Å². The lowest BCUT2D eigenvalue weighted by Crippen LogP contribution is -2.48. The number of carbonyl (C=O) groups excluding carboxylic acids is 1. The smallest absolute Gasteiger partial charge is 0.246 e.